The smallest absolute Gasteiger partial charge is 0.237 e. The largest absolute Gasteiger partial charge is 0.399 e. The number of carbonyl (C=O) groups excluding carboxylic acids is 1. The van der Waals surface area contributed by atoms with Gasteiger partial charge in [-0.1, -0.05) is 25.0 Å². The molecular weight excluding hydrogens is 250 g/mol. The van der Waals surface area contributed by atoms with E-state index in [4.69, 9.17) is 5.73 Å². The lowest BCUT2D eigenvalue weighted by atomic mass is 9.72. The lowest BCUT2D eigenvalue weighted by Crippen LogP contribution is -2.60. The van der Waals surface area contributed by atoms with Gasteiger partial charge in [0.15, 0.2) is 0 Å². The van der Waals surface area contributed by atoms with Crippen molar-refractivity contribution in [3.63, 3.8) is 0 Å². The predicted octanol–water partition coefficient (Wildman–Crippen LogP) is 1.93. The van der Waals surface area contributed by atoms with Crippen LogP contribution in [0.2, 0.25) is 0 Å². The molecule has 1 aliphatic carbocycles. The monoisotopic (exact) mass is 273 g/mol. The van der Waals surface area contributed by atoms with E-state index in [0.717, 1.165) is 30.5 Å². The first kappa shape index (κ1) is 13.4. The summed E-state index contributed by atoms with van der Waals surface area (Å²) in [5.74, 6) is 0.826. The van der Waals surface area contributed by atoms with E-state index < -0.39 is 0 Å². The van der Waals surface area contributed by atoms with Crippen LogP contribution in [0.4, 0.5) is 5.69 Å². The van der Waals surface area contributed by atoms with Gasteiger partial charge in [0, 0.05) is 17.6 Å². The van der Waals surface area contributed by atoms with Gasteiger partial charge in [0.25, 0.3) is 0 Å². The molecule has 4 heteroatoms. The standard InChI is InChI=1S/C16H23N3O/c1-10-6-7-11(8-14(10)17)9-15-12-4-2-3-5-13(12)16(20)19-18-15/h6-8,12-13,15,18H,2-5,9,17H2,1H3,(H,19,20). The number of fused-ring (bicyclic) bond motifs is 1. The van der Waals surface area contributed by atoms with Gasteiger partial charge in [-0.25, -0.2) is 5.43 Å². The quantitative estimate of drug-likeness (QED) is 0.721. The molecule has 1 amide bonds. The summed E-state index contributed by atoms with van der Waals surface area (Å²) in [4.78, 5) is 11.9. The van der Waals surface area contributed by atoms with Crippen molar-refractivity contribution in [3.05, 3.63) is 29.3 Å². The van der Waals surface area contributed by atoms with Crippen LogP contribution < -0.4 is 16.6 Å². The van der Waals surface area contributed by atoms with Crippen molar-refractivity contribution >= 4 is 11.6 Å². The summed E-state index contributed by atoms with van der Waals surface area (Å²) in [6.45, 7) is 2.02. The van der Waals surface area contributed by atoms with Crippen LogP contribution in [0.3, 0.4) is 0 Å². The average Bonchev–Trinajstić information content (AvgIpc) is 2.46. The molecule has 3 atom stereocenters. The summed E-state index contributed by atoms with van der Waals surface area (Å²) >= 11 is 0. The van der Waals surface area contributed by atoms with Gasteiger partial charge in [0.1, 0.15) is 0 Å². The minimum atomic E-state index is 0.175. The molecule has 2 fully saturated rings. The van der Waals surface area contributed by atoms with Gasteiger partial charge in [0.2, 0.25) is 5.91 Å². The minimum Gasteiger partial charge on any atom is -0.399 e. The van der Waals surface area contributed by atoms with Crippen LogP contribution in [0.1, 0.15) is 36.8 Å². The number of nitrogens with one attached hydrogen (secondary N) is 2. The van der Waals surface area contributed by atoms with E-state index in [1.165, 1.54) is 18.4 Å². The Labute approximate surface area is 120 Å². The summed E-state index contributed by atoms with van der Waals surface area (Å²) in [5, 5.41) is 0. The number of nitrogen functional groups attached to an aromatic ring is 1. The first-order valence-corrected chi connectivity index (χ1v) is 7.55. The van der Waals surface area contributed by atoms with Gasteiger partial charge in [-0.15, -0.1) is 0 Å². The van der Waals surface area contributed by atoms with E-state index in [-0.39, 0.29) is 11.8 Å². The summed E-state index contributed by atoms with van der Waals surface area (Å²) < 4.78 is 0. The van der Waals surface area contributed by atoms with Crippen molar-refractivity contribution in [3.8, 4) is 0 Å². The maximum absolute atomic E-state index is 11.9. The topological polar surface area (TPSA) is 67.1 Å². The second-order valence-electron chi connectivity index (χ2n) is 6.19. The van der Waals surface area contributed by atoms with E-state index in [9.17, 15) is 4.79 Å². The van der Waals surface area contributed by atoms with E-state index in [1.807, 2.05) is 6.92 Å². The molecule has 4 N–H and O–H groups in total. The highest BCUT2D eigenvalue weighted by Gasteiger charge is 2.39. The molecule has 3 unspecified atom stereocenters. The number of nitrogens with two attached hydrogens (primary N) is 1. The van der Waals surface area contributed by atoms with Crippen LogP contribution >= 0.6 is 0 Å². The van der Waals surface area contributed by atoms with Gasteiger partial charge in [-0.05, 0) is 49.3 Å². The molecule has 1 saturated heterocycles. The van der Waals surface area contributed by atoms with Crippen molar-refractivity contribution < 1.29 is 4.79 Å². The number of rotatable bonds is 2. The van der Waals surface area contributed by atoms with Crippen molar-refractivity contribution in [2.75, 3.05) is 5.73 Å². The second-order valence-corrected chi connectivity index (χ2v) is 6.19. The molecule has 1 saturated carbocycles. The number of anilines is 1. The van der Waals surface area contributed by atoms with Crippen LogP contribution in [-0.4, -0.2) is 11.9 Å². The van der Waals surface area contributed by atoms with Crippen molar-refractivity contribution in [1.82, 2.24) is 10.9 Å². The second kappa shape index (κ2) is 5.44. The predicted molar refractivity (Wildman–Crippen MR) is 79.8 cm³/mol. The third-order valence-electron chi connectivity index (χ3n) is 4.85. The van der Waals surface area contributed by atoms with E-state index >= 15 is 0 Å². The van der Waals surface area contributed by atoms with Crippen LogP contribution in [0.15, 0.2) is 18.2 Å². The van der Waals surface area contributed by atoms with Gasteiger partial charge < -0.3 is 5.73 Å². The maximum Gasteiger partial charge on any atom is 0.237 e. The SMILES string of the molecule is Cc1ccc(CC2NNC(=O)C3CCCCC23)cc1N. The first-order valence-electron chi connectivity index (χ1n) is 7.55. The molecule has 0 aromatic heterocycles. The molecule has 108 valence electrons. The number of carbonyl (C=O) groups is 1. The number of hydrogen-bond donors (Lipinski definition) is 3. The van der Waals surface area contributed by atoms with Crippen molar-refractivity contribution in [1.29, 1.82) is 0 Å². The molecule has 4 nitrogen and oxygen atoms in total. The summed E-state index contributed by atoms with van der Waals surface area (Å²) in [6, 6.07) is 6.59. The molecule has 0 spiro atoms. The minimum absolute atomic E-state index is 0.175. The molecule has 20 heavy (non-hydrogen) atoms. The number of hydrogen-bond acceptors (Lipinski definition) is 3. The summed E-state index contributed by atoms with van der Waals surface area (Å²) in [6.07, 6.45) is 5.52. The molecular formula is C16H23N3O. The fourth-order valence-electron chi connectivity index (χ4n) is 3.60. The highest BCUT2D eigenvalue weighted by atomic mass is 16.2. The zero-order chi connectivity index (χ0) is 14.1. The Morgan fingerprint density at radius 1 is 1.30 bits per heavy atom. The van der Waals surface area contributed by atoms with Gasteiger partial charge in [-0.2, -0.15) is 0 Å². The Morgan fingerprint density at radius 3 is 2.90 bits per heavy atom. The van der Waals surface area contributed by atoms with E-state index in [1.54, 1.807) is 0 Å². The Bertz CT molecular complexity index is 514. The summed E-state index contributed by atoms with van der Waals surface area (Å²) in [7, 11) is 0. The van der Waals surface area contributed by atoms with Crippen molar-refractivity contribution in [2.45, 2.75) is 45.1 Å². The average molecular weight is 273 g/mol. The lowest BCUT2D eigenvalue weighted by Gasteiger charge is -2.41. The molecule has 1 aliphatic heterocycles. The zero-order valence-corrected chi connectivity index (χ0v) is 12.0. The van der Waals surface area contributed by atoms with Crippen LogP contribution in [0, 0.1) is 18.8 Å². The highest BCUT2D eigenvalue weighted by molar-refractivity contribution is 5.79. The molecule has 1 aromatic rings. The third-order valence-corrected chi connectivity index (χ3v) is 4.85. The lowest BCUT2D eigenvalue weighted by molar-refractivity contribution is -0.133. The maximum atomic E-state index is 11.9. The fraction of sp³-hybridized carbons (Fsp3) is 0.562. The van der Waals surface area contributed by atoms with E-state index in [2.05, 4.69) is 29.1 Å². The number of aryl methyl sites for hydroxylation is 1. The van der Waals surface area contributed by atoms with Gasteiger partial charge in [-0.3, -0.25) is 10.2 Å². The first-order chi connectivity index (χ1) is 9.65. The molecule has 1 heterocycles. The third kappa shape index (κ3) is 2.52. The van der Waals surface area contributed by atoms with Crippen LogP contribution in [0.25, 0.3) is 0 Å². The fourth-order valence-corrected chi connectivity index (χ4v) is 3.60. The Morgan fingerprint density at radius 2 is 2.10 bits per heavy atom. The molecule has 1 aromatic carbocycles. The van der Waals surface area contributed by atoms with E-state index in [0.29, 0.717) is 12.0 Å². The van der Waals surface area contributed by atoms with Crippen molar-refractivity contribution in [2.24, 2.45) is 11.8 Å². The van der Waals surface area contributed by atoms with Gasteiger partial charge in [0.05, 0.1) is 0 Å². The van der Waals surface area contributed by atoms with Crippen LogP contribution in [0.5, 0.6) is 0 Å². The Hall–Kier alpha value is -1.55. The molecule has 0 bridgehead atoms. The Balaban J connectivity index is 1.75. The molecule has 2 aliphatic rings. The molecule has 3 rings (SSSR count). The highest BCUT2D eigenvalue weighted by Crippen LogP contribution is 2.35. The number of hydrazine groups is 1. The Kier molecular flexibility index (Phi) is 3.66. The summed E-state index contributed by atoms with van der Waals surface area (Å²) in [5.41, 5.74) is 15.3. The van der Waals surface area contributed by atoms with Crippen LogP contribution in [-0.2, 0) is 11.2 Å². The number of benzene rings is 1. The number of amides is 1. The normalized spacial score (nSPS) is 29.6. The van der Waals surface area contributed by atoms with Gasteiger partial charge >= 0.3 is 0 Å². The zero-order valence-electron chi connectivity index (χ0n) is 12.0. The molecule has 0 radical (unpaired) electrons.